The lowest BCUT2D eigenvalue weighted by Gasteiger charge is -2.21. The van der Waals surface area contributed by atoms with E-state index in [1.807, 2.05) is 6.08 Å². The summed E-state index contributed by atoms with van der Waals surface area (Å²) in [5.74, 6) is 1.84. The number of rotatable bonds is 8. The molecular formula is C18H28N5O3P. The summed E-state index contributed by atoms with van der Waals surface area (Å²) in [6.07, 6.45) is 12.9. The largest absolute Gasteiger partial charge is 0.382 e. The smallest absolute Gasteiger partial charge is 0.333 e. The summed E-state index contributed by atoms with van der Waals surface area (Å²) in [7, 11) is -0.326. The molecule has 0 bridgehead atoms. The number of anilines is 1. The highest BCUT2D eigenvalue weighted by Crippen LogP contribution is 2.46. The first kappa shape index (κ1) is 20.0. The van der Waals surface area contributed by atoms with Crippen molar-refractivity contribution in [2.75, 3.05) is 26.1 Å². The molecule has 148 valence electrons. The van der Waals surface area contributed by atoms with Gasteiger partial charge in [-0.05, 0) is 18.4 Å². The number of hydrogen-bond donors (Lipinski definition) is 1. The van der Waals surface area contributed by atoms with Gasteiger partial charge in [0.1, 0.15) is 12.2 Å². The molecule has 9 heteroatoms. The summed E-state index contributed by atoms with van der Waals surface area (Å²) >= 11 is 0. The van der Waals surface area contributed by atoms with Crippen LogP contribution in [-0.4, -0.2) is 39.9 Å². The number of hydrogen-bond acceptors (Lipinski definition) is 7. The molecule has 27 heavy (non-hydrogen) atoms. The highest BCUT2D eigenvalue weighted by atomic mass is 31.2. The fourth-order valence-electron chi connectivity index (χ4n) is 3.62. The monoisotopic (exact) mass is 393 g/mol. The van der Waals surface area contributed by atoms with Crippen LogP contribution in [0.4, 0.5) is 5.82 Å². The molecule has 8 nitrogen and oxygen atoms in total. The number of aromatic nitrogens is 4. The summed E-state index contributed by atoms with van der Waals surface area (Å²) in [4.78, 5) is 13.0. The Morgan fingerprint density at radius 1 is 1.26 bits per heavy atom. The van der Waals surface area contributed by atoms with Gasteiger partial charge in [-0.25, -0.2) is 15.0 Å². The van der Waals surface area contributed by atoms with Crippen LogP contribution >= 0.6 is 7.60 Å². The van der Waals surface area contributed by atoms with Crippen LogP contribution in [0.2, 0.25) is 0 Å². The second-order valence-electron chi connectivity index (χ2n) is 6.91. The topological polar surface area (TPSA) is 105 Å². The van der Waals surface area contributed by atoms with Crippen molar-refractivity contribution in [1.29, 1.82) is 0 Å². The Hall–Kier alpha value is -1.76. The Balaban J connectivity index is 1.84. The van der Waals surface area contributed by atoms with Crippen LogP contribution in [0.25, 0.3) is 17.2 Å². The van der Waals surface area contributed by atoms with Crippen molar-refractivity contribution in [2.45, 2.75) is 45.1 Å². The number of aryl methyl sites for hydroxylation is 1. The van der Waals surface area contributed by atoms with Crippen LogP contribution in [0.3, 0.4) is 0 Å². The van der Waals surface area contributed by atoms with Crippen molar-refractivity contribution in [3.63, 3.8) is 0 Å². The van der Waals surface area contributed by atoms with E-state index < -0.39 is 7.60 Å². The molecule has 2 heterocycles. The average Bonchev–Trinajstić information content (AvgIpc) is 3.06. The Morgan fingerprint density at radius 3 is 2.70 bits per heavy atom. The summed E-state index contributed by atoms with van der Waals surface area (Å²) in [5, 5.41) is 0. The number of fused-ring (bicyclic) bond motifs is 1. The molecule has 0 aromatic carbocycles. The highest BCUT2D eigenvalue weighted by molar-refractivity contribution is 7.54. The van der Waals surface area contributed by atoms with E-state index in [0.717, 1.165) is 30.4 Å². The van der Waals surface area contributed by atoms with Crippen LogP contribution in [-0.2, 0) is 20.2 Å². The van der Waals surface area contributed by atoms with Crippen LogP contribution in [0.5, 0.6) is 0 Å². The minimum Gasteiger partial charge on any atom is -0.382 e. The molecule has 0 saturated heterocycles. The van der Waals surface area contributed by atoms with Gasteiger partial charge in [0.05, 0.1) is 6.16 Å². The molecule has 2 aromatic heterocycles. The van der Waals surface area contributed by atoms with Crippen LogP contribution < -0.4 is 5.73 Å². The van der Waals surface area contributed by atoms with E-state index in [1.54, 1.807) is 6.08 Å². The zero-order valence-corrected chi connectivity index (χ0v) is 16.9. The van der Waals surface area contributed by atoms with Gasteiger partial charge in [0, 0.05) is 20.8 Å². The van der Waals surface area contributed by atoms with Gasteiger partial charge in [0.25, 0.3) is 0 Å². The fraction of sp³-hybridized carbons (Fsp3) is 0.611. The van der Waals surface area contributed by atoms with Crippen molar-refractivity contribution in [1.82, 2.24) is 19.5 Å². The molecule has 0 amide bonds. The van der Waals surface area contributed by atoms with E-state index in [2.05, 4.69) is 19.5 Å². The first-order valence-corrected chi connectivity index (χ1v) is 11.1. The lowest BCUT2D eigenvalue weighted by molar-refractivity contribution is 0.279. The maximum atomic E-state index is 12.2. The lowest BCUT2D eigenvalue weighted by Crippen LogP contribution is -2.11. The predicted molar refractivity (Wildman–Crippen MR) is 106 cm³/mol. The number of imidazole rings is 1. The van der Waals surface area contributed by atoms with E-state index in [-0.39, 0.29) is 6.16 Å². The summed E-state index contributed by atoms with van der Waals surface area (Å²) in [6, 6.07) is 0. The van der Waals surface area contributed by atoms with E-state index >= 15 is 0 Å². The summed E-state index contributed by atoms with van der Waals surface area (Å²) in [6.45, 7) is 0.823. The van der Waals surface area contributed by atoms with Crippen LogP contribution in [0.1, 0.15) is 44.3 Å². The SMILES string of the molecule is COP(=O)(CC=Cc1nc2c(N)ncnc2n1CCC1CCCCC1)OC. The van der Waals surface area contributed by atoms with Gasteiger partial charge < -0.3 is 19.3 Å². The molecule has 0 unspecified atom stereocenters. The minimum atomic E-state index is -3.09. The second-order valence-corrected chi connectivity index (χ2v) is 9.22. The normalized spacial score (nSPS) is 16.5. The first-order chi connectivity index (χ1) is 13.1. The number of nitrogens with zero attached hydrogens (tertiary/aromatic N) is 4. The van der Waals surface area contributed by atoms with E-state index in [4.69, 9.17) is 14.8 Å². The van der Waals surface area contributed by atoms with Crippen molar-refractivity contribution < 1.29 is 13.6 Å². The van der Waals surface area contributed by atoms with Crippen LogP contribution in [0.15, 0.2) is 12.4 Å². The maximum absolute atomic E-state index is 12.2. The molecule has 0 spiro atoms. The number of nitrogens with two attached hydrogens (primary N) is 1. The third-order valence-electron chi connectivity index (χ3n) is 5.23. The Labute approximate surface area is 159 Å². The van der Waals surface area contributed by atoms with E-state index in [9.17, 15) is 4.57 Å². The molecule has 3 rings (SSSR count). The summed E-state index contributed by atoms with van der Waals surface area (Å²) in [5.41, 5.74) is 7.32. The zero-order chi connectivity index (χ0) is 19.3. The predicted octanol–water partition coefficient (Wildman–Crippen LogP) is 3.88. The van der Waals surface area contributed by atoms with Crippen molar-refractivity contribution in [3.8, 4) is 0 Å². The first-order valence-electron chi connectivity index (χ1n) is 9.40. The quantitative estimate of drug-likeness (QED) is 0.679. The van der Waals surface area contributed by atoms with Gasteiger partial charge in [-0.3, -0.25) is 4.57 Å². The molecule has 0 radical (unpaired) electrons. The van der Waals surface area contributed by atoms with Gasteiger partial charge >= 0.3 is 7.60 Å². The Morgan fingerprint density at radius 2 is 2.00 bits per heavy atom. The molecule has 1 aliphatic carbocycles. The average molecular weight is 393 g/mol. The molecule has 2 N–H and O–H groups in total. The molecule has 0 atom stereocenters. The van der Waals surface area contributed by atoms with E-state index in [0.29, 0.717) is 11.3 Å². The number of allylic oxidation sites excluding steroid dienone is 1. The highest BCUT2D eigenvalue weighted by Gasteiger charge is 2.20. The Kier molecular flexibility index (Phi) is 6.63. The third-order valence-corrected chi connectivity index (χ3v) is 7.00. The molecule has 1 saturated carbocycles. The van der Waals surface area contributed by atoms with Crippen LogP contribution in [0, 0.1) is 5.92 Å². The molecule has 1 aliphatic rings. The van der Waals surface area contributed by atoms with Crippen molar-refractivity contribution in [3.05, 3.63) is 18.2 Å². The van der Waals surface area contributed by atoms with Gasteiger partial charge in [0.15, 0.2) is 17.0 Å². The Bertz CT molecular complexity index is 837. The standard InChI is InChI=1S/C18H28N5O3P/c1-25-27(24,26-2)12-6-9-15-22-16-17(19)20-13-21-18(16)23(15)11-10-14-7-4-3-5-8-14/h6,9,13-14H,3-5,7-8,10-12H2,1-2H3,(H2,19,20,21). The third kappa shape index (κ3) is 4.75. The van der Waals surface area contributed by atoms with Gasteiger partial charge in [-0.2, -0.15) is 0 Å². The molecular weight excluding hydrogens is 365 g/mol. The lowest BCUT2D eigenvalue weighted by atomic mass is 9.87. The van der Waals surface area contributed by atoms with Crippen molar-refractivity contribution in [2.24, 2.45) is 5.92 Å². The molecule has 2 aromatic rings. The summed E-state index contributed by atoms with van der Waals surface area (Å²) < 4.78 is 24.2. The van der Waals surface area contributed by atoms with Gasteiger partial charge in [-0.15, -0.1) is 0 Å². The van der Waals surface area contributed by atoms with Crippen molar-refractivity contribution >= 4 is 30.7 Å². The minimum absolute atomic E-state index is 0.174. The number of nitrogen functional groups attached to an aromatic ring is 1. The fourth-order valence-corrected chi connectivity index (χ4v) is 4.43. The van der Waals surface area contributed by atoms with Gasteiger partial charge in [0.2, 0.25) is 0 Å². The van der Waals surface area contributed by atoms with Gasteiger partial charge in [-0.1, -0.05) is 38.2 Å². The molecule has 0 aliphatic heterocycles. The maximum Gasteiger partial charge on any atom is 0.333 e. The zero-order valence-electron chi connectivity index (χ0n) is 16.0. The van der Waals surface area contributed by atoms with E-state index in [1.165, 1.54) is 52.7 Å². The second kappa shape index (κ2) is 8.95. The molecule has 1 fully saturated rings.